The van der Waals surface area contributed by atoms with Crippen molar-refractivity contribution in [2.24, 2.45) is 12.8 Å². The third-order valence-corrected chi connectivity index (χ3v) is 2.02. The van der Waals surface area contributed by atoms with Crippen molar-refractivity contribution < 1.29 is 4.74 Å². The number of aromatic nitrogens is 3. The zero-order valence-corrected chi connectivity index (χ0v) is 8.42. The van der Waals surface area contributed by atoms with Crippen LogP contribution in [-0.4, -0.2) is 14.5 Å². The van der Waals surface area contributed by atoms with Crippen molar-refractivity contribution in [3.05, 3.63) is 36.4 Å². The number of nitrogens with two attached hydrogens (primary N) is 1. The molecule has 5 heteroatoms. The highest BCUT2D eigenvalue weighted by molar-refractivity contribution is 5.29. The molecule has 0 aliphatic rings. The molecule has 78 valence electrons. The number of rotatable bonds is 3. The Balaban J connectivity index is 2.28. The quantitative estimate of drug-likeness (QED) is 0.812. The summed E-state index contributed by atoms with van der Waals surface area (Å²) < 4.78 is 7.37. The summed E-state index contributed by atoms with van der Waals surface area (Å²) in [5.74, 6) is 0.648. The molecule has 0 aliphatic carbocycles. The number of nitrogens with zero attached hydrogens (tertiary/aromatic N) is 3. The van der Waals surface area contributed by atoms with Gasteiger partial charge < -0.3 is 15.0 Å². The van der Waals surface area contributed by atoms with E-state index in [4.69, 9.17) is 10.5 Å². The first-order chi connectivity index (χ1) is 7.31. The number of hydrogen-bond donors (Lipinski definition) is 1. The highest BCUT2D eigenvalue weighted by Crippen LogP contribution is 2.21. The molecule has 2 aromatic rings. The zero-order valence-electron chi connectivity index (χ0n) is 8.42. The molecular weight excluding hydrogens is 192 g/mol. The van der Waals surface area contributed by atoms with Crippen LogP contribution in [0.15, 0.2) is 30.7 Å². The molecule has 15 heavy (non-hydrogen) atoms. The van der Waals surface area contributed by atoms with Gasteiger partial charge in [0.2, 0.25) is 0 Å². The molecule has 0 aromatic carbocycles. The monoisotopic (exact) mass is 204 g/mol. The summed E-state index contributed by atoms with van der Waals surface area (Å²) in [6, 6.07) is 4.15. The third-order valence-electron chi connectivity index (χ3n) is 2.02. The van der Waals surface area contributed by atoms with Gasteiger partial charge in [0.15, 0.2) is 5.75 Å². The van der Waals surface area contributed by atoms with E-state index in [1.807, 2.05) is 19.3 Å². The van der Waals surface area contributed by atoms with Gasteiger partial charge in [-0.2, -0.15) is 0 Å². The van der Waals surface area contributed by atoms with E-state index in [0.29, 0.717) is 18.3 Å². The lowest BCUT2D eigenvalue weighted by atomic mass is 10.3. The fourth-order valence-electron chi connectivity index (χ4n) is 1.22. The van der Waals surface area contributed by atoms with Gasteiger partial charge in [-0.1, -0.05) is 0 Å². The molecule has 0 saturated carbocycles. The lowest BCUT2D eigenvalue weighted by Gasteiger charge is -2.07. The number of ether oxygens (including phenoxy) is 1. The number of hydrogen-bond acceptors (Lipinski definition) is 4. The minimum atomic E-state index is 0.348. The number of imidazole rings is 1. The molecule has 0 aliphatic heterocycles. The summed E-state index contributed by atoms with van der Waals surface area (Å²) >= 11 is 0. The van der Waals surface area contributed by atoms with Crippen LogP contribution in [0.3, 0.4) is 0 Å². The molecule has 0 unspecified atom stereocenters. The van der Waals surface area contributed by atoms with E-state index >= 15 is 0 Å². The van der Waals surface area contributed by atoms with Crippen LogP contribution in [0.5, 0.6) is 11.8 Å². The predicted octanol–water partition coefficient (Wildman–Crippen LogP) is 1.07. The molecule has 0 radical (unpaired) electrons. The van der Waals surface area contributed by atoms with E-state index in [1.165, 1.54) is 0 Å². The van der Waals surface area contributed by atoms with E-state index in [2.05, 4.69) is 9.97 Å². The molecule has 5 nitrogen and oxygen atoms in total. The number of aryl methyl sites for hydroxylation is 1. The largest absolute Gasteiger partial charge is 0.424 e. The van der Waals surface area contributed by atoms with Crippen molar-refractivity contribution >= 4 is 0 Å². The van der Waals surface area contributed by atoms with E-state index < -0.39 is 0 Å². The smallest absolute Gasteiger partial charge is 0.301 e. The van der Waals surface area contributed by atoms with Crippen LogP contribution < -0.4 is 10.5 Å². The zero-order chi connectivity index (χ0) is 10.7. The molecule has 0 amide bonds. The van der Waals surface area contributed by atoms with Gasteiger partial charge in [-0.3, -0.25) is 4.98 Å². The average Bonchev–Trinajstić information content (AvgIpc) is 2.65. The minimum Gasteiger partial charge on any atom is -0.424 e. The first-order valence-corrected chi connectivity index (χ1v) is 4.60. The Labute approximate surface area is 87.5 Å². The second-order valence-corrected chi connectivity index (χ2v) is 3.08. The van der Waals surface area contributed by atoms with Crippen molar-refractivity contribution in [3.63, 3.8) is 0 Å². The van der Waals surface area contributed by atoms with Crippen LogP contribution in [0.25, 0.3) is 0 Å². The second kappa shape index (κ2) is 4.10. The first-order valence-electron chi connectivity index (χ1n) is 4.60. The lowest BCUT2D eigenvalue weighted by Crippen LogP contribution is -2.03. The van der Waals surface area contributed by atoms with Crippen molar-refractivity contribution in [1.29, 1.82) is 0 Å². The first kappa shape index (κ1) is 9.67. The van der Waals surface area contributed by atoms with Crippen LogP contribution in [0.2, 0.25) is 0 Å². The van der Waals surface area contributed by atoms with E-state index in [-0.39, 0.29) is 0 Å². The SMILES string of the molecule is Cn1ccnc1Oc1cccnc1CN. The van der Waals surface area contributed by atoms with Gasteiger partial charge in [0, 0.05) is 32.2 Å². The second-order valence-electron chi connectivity index (χ2n) is 3.08. The van der Waals surface area contributed by atoms with Gasteiger partial charge in [0.1, 0.15) is 0 Å². The van der Waals surface area contributed by atoms with Crippen LogP contribution in [-0.2, 0) is 13.6 Å². The molecular formula is C10H12N4O. The van der Waals surface area contributed by atoms with Crippen LogP contribution in [0.4, 0.5) is 0 Å². The molecule has 2 heterocycles. The van der Waals surface area contributed by atoms with Gasteiger partial charge in [-0.15, -0.1) is 0 Å². The molecule has 0 bridgehead atoms. The Morgan fingerprint density at radius 3 is 2.93 bits per heavy atom. The van der Waals surface area contributed by atoms with Crippen LogP contribution >= 0.6 is 0 Å². The van der Waals surface area contributed by atoms with E-state index in [1.54, 1.807) is 23.0 Å². The fourth-order valence-corrected chi connectivity index (χ4v) is 1.22. The lowest BCUT2D eigenvalue weighted by molar-refractivity contribution is 0.417. The maximum Gasteiger partial charge on any atom is 0.301 e. The summed E-state index contributed by atoms with van der Waals surface area (Å²) in [5.41, 5.74) is 6.27. The summed E-state index contributed by atoms with van der Waals surface area (Å²) in [6.07, 6.45) is 5.18. The Kier molecular flexibility index (Phi) is 2.64. The standard InChI is InChI=1S/C10H12N4O/c1-14-6-5-13-10(14)15-9-3-2-4-12-8(9)7-11/h2-6H,7,11H2,1H3. The van der Waals surface area contributed by atoms with Gasteiger partial charge >= 0.3 is 6.01 Å². The van der Waals surface area contributed by atoms with Crippen LogP contribution in [0.1, 0.15) is 5.69 Å². The van der Waals surface area contributed by atoms with Gasteiger partial charge in [-0.05, 0) is 12.1 Å². The minimum absolute atomic E-state index is 0.348. The molecule has 0 saturated heterocycles. The predicted molar refractivity (Wildman–Crippen MR) is 55.4 cm³/mol. The van der Waals surface area contributed by atoms with Crippen molar-refractivity contribution in [3.8, 4) is 11.8 Å². The topological polar surface area (TPSA) is 66.0 Å². The van der Waals surface area contributed by atoms with Gasteiger partial charge in [0.05, 0.1) is 5.69 Å². The van der Waals surface area contributed by atoms with Crippen molar-refractivity contribution in [1.82, 2.24) is 14.5 Å². The van der Waals surface area contributed by atoms with E-state index in [0.717, 1.165) is 5.69 Å². The maximum absolute atomic E-state index is 5.58. The van der Waals surface area contributed by atoms with Gasteiger partial charge in [0.25, 0.3) is 0 Å². The summed E-state index contributed by atoms with van der Waals surface area (Å²) in [6.45, 7) is 0.348. The third kappa shape index (κ3) is 1.97. The normalized spacial score (nSPS) is 10.3. The molecule has 2 N–H and O–H groups in total. The average molecular weight is 204 g/mol. The Bertz CT molecular complexity index is 452. The summed E-state index contributed by atoms with van der Waals surface area (Å²) in [5, 5.41) is 0. The Morgan fingerprint density at radius 1 is 1.40 bits per heavy atom. The number of pyridine rings is 1. The van der Waals surface area contributed by atoms with E-state index in [9.17, 15) is 0 Å². The summed E-state index contributed by atoms with van der Waals surface area (Å²) in [7, 11) is 1.86. The van der Waals surface area contributed by atoms with Crippen molar-refractivity contribution in [2.75, 3.05) is 0 Å². The fraction of sp³-hybridized carbons (Fsp3) is 0.200. The Morgan fingerprint density at radius 2 is 2.27 bits per heavy atom. The molecule has 0 fully saturated rings. The Hall–Kier alpha value is -1.88. The molecule has 0 spiro atoms. The van der Waals surface area contributed by atoms with Crippen molar-refractivity contribution in [2.45, 2.75) is 6.54 Å². The maximum atomic E-state index is 5.58. The van der Waals surface area contributed by atoms with Crippen LogP contribution in [0, 0.1) is 0 Å². The van der Waals surface area contributed by atoms with Gasteiger partial charge in [-0.25, -0.2) is 4.98 Å². The molecule has 0 atom stereocenters. The molecule has 2 rings (SSSR count). The molecule has 2 aromatic heterocycles. The highest BCUT2D eigenvalue weighted by Gasteiger charge is 2.06. The summed E-state index contributed by atoms with van der Waals surface area (Å²) in [4.78, 5) is 8.18. The highest BCUT2D eigenvalue weighted by atomic mass is 16.5.